The Morgan fingerprint density at radius 2 is 1.91 bits per heavy atom. The molecule has 23 heavy (non-hydrogen) atoms. The first kappa shape index (κ1) is 15.6. The molecular weight excluding hydrogens is 286 g/mol. The summed E-state index contributed by atoms with van der Waals surface area (Å²) in [7, 11) is 0. The van der Waals surface area contributed by atoms with Crippen molar-refractivity contribution in [3.05, 3.63) is 58.1 Å². The van der Waals surface area contributed by atoms with Crippen molar-refractivity contribution in [3.8, 4) is 5.75 Å². The third-order valence-electron chi connectivity index (χ3n) is 4.75. The highest BCUT2D eigenvalue weighted by atomic mass is 16.5. The van der Waals surface area contributed by atoms with Crippen LogP contribution >= 0.6 is 0 Å². The van der Waals surface area contributed by atoms with Crippen molar-refractivity contribution in [2.75, 3.05) is 11.9 Å². The minimum atomic E-state index is 0.221. The smallest absolute Gasteiger partial charge is 0.211 e. The van der Waals surface area contributed by atoms with Crippen LogP contribution in [0, 0.1) is 13.8 Å². The van der Waals surface area contributed by atoms with E-state index < -0.39 is 0 Å². The second-order valence-corrected chi connectivity index (χ2v) is 6.55. The number of carbonyl (C=O) groups is 1. The van der Waals surface area contributed by atoms with Crippen LogP contribution in [0.2, 0.25) is 0 Å². The average molecular weight is 309 g/mol. The molecule has 1 heterocycles. The quantitative estimate of drug-likeness (QED) is 0.843. The zero-order valence-corrected chi connectivity index (χ0v) is 14.1. The molecule has 0 fully saturated rings. The van der Waals surface area contributed by atoms with E-state index in [0.29, 0.717) is 12.5 Å². The number of anilines is 1. The molecule has 0 bridgehead atoms. The van der Waals surface area contributed by atoms with Gasteiger partial charge in [-0.1, -0.05) is 38.1 Å². The third-order valence-corrected chi connectivity index (χ3v) is 4.75. The number of aryl methyl sites for hydroxylation is 1. The lowest BCUT2D eigenvalue weighted by molar-refractivity contribution is -0.105. The Labute approximate surface area is 137 Å². The Bertz CT molecular complexity index is 732. The van der Waals surface area contributed by atoms with Gasteiger partial charge in [-0.25, -0.2) is 0 Å². The van der Waals surface area contributed by atoms with Gasteiger partial charge in [-0.2, -0.15) is 0 Å². The van der Waals surface area contributed by atoms with E-state index in [2.05, 4.69) is 50.4 Å². The Balaban J connectivity index is 2.03. The van der Waals surface area contributed by atoms with Crippen LogP contribution in [0.4, 0.5) is 5.69 Å². The van der Waals surface area contributed by atoms with Crippen molar-refractivity contribution in [2.24, 2.45) is 0 Å². The van der Waals surface area contributed by atoms with Gasteiger partial charge < -0.3 is 10.1 Å². The molecule has 0 spiro atoms. The zero-order chi connectivity index (χ0) is 16.6. The summed E-state index contributed by atoms with van der Waals surface area (Å²) < 4.78 is 5.92. The highest BCUT2D eigenvalue weighted by Crippen LogP contribution is 2.44. The molecule has 1 amide bonds. The monoisotopic (exact) mass is 309 g/mol. The van der Waals surface area contributed by atoms with E-state index in [9.17, 15) is 4.79 Å². The van der Waals surface area contributed by atoms with Gasteiger partial charge in [0, 0.05) is 17.2 Å². The summed E-state index contributed by atoms with van der Waals surface area (Å²) in [6.45, 7) is 9.11. The highest BCUT2D eigenvalue weighted by Gasteiger charge is 2.29. The first-order valence-electron chi connectivity index (χ1n) is 8.09. The van der Waals surface area contributed by atoms with E-state index in [-0.39, 0.29) is 5.92 Å². The van der Waals surface area contributed by atoms with E-state index in [0.717, 1.165) is 29.0 Å². The number of amides is 1. The number of rotatable bonds is 4. The number of benzene rings is 2. The molecule has 3 nitrogen and oxygen atoms in total. The van der Waals surface area contributed by atoms with E-state index in [4.69, 9.17) is 4.74 Å². The molecule has 0 radical (unpaired) electrons. The average Bonchev–Trinajstić information content (AvgIpc) is 2.95. The fourth-order valence-corrected chi connectivity index (χ4v) is 3.43. The Morgan fingerprint density at radius 3 is 2.52 bits per heavy atom. The summed E-state index contributed by atoms with van der Waals surface area (Å²) >= 11 is 0. The van der Waals surface area contributed by atoms with Crippen LogP contribution in [0.15, 0.2) is 30.3 Å². The van der Waals surface area contributed by atoms with Crippen LogP contribution in [-0.2, 0) is 4.79 Å². The SMILES string of the molecule is Cc1cc2c(c(C)c1NC=O)C(c1ccc(C(C)C)cc1)CO2. The van der Waals surface area contributed by atoms with E-state index in [1.54, 1.807) is 0 Å². The zero-order valence-electron chi connectivity index (χ0n) is 14.1. The van der Waals surface area contributed by atoms with E-state index in [1.807, 2.05) is 13.0 Å². The lowest BCUT2D eigenvalue weighted by atomic mass is 9.87. The van der Waals surface area contributed by atoms with Crippen LogP contribution in [-0.4, -0.2) is 13.0 Å². The highest BCUT2D eigenvalue weighted by molar-refractivity contribution is 5.78. The summed E-state index contributed by atoms with van der Waals surface area (Å²) in [5.74, 6) is 1.69. The second kappa shape index (κ2) is 6.07. The van der Waals surface area contributed by atoms with Gasteiger partial charge in [-0.3, -0.25) is 4.79 Å². The predicted molar refractivity (Wildman–Crippen MR) is 93.5 cm³/mol. The number of fused-ring (bicyclic) bond motifs is 1. The molecule has 2 aromatic rings. The van der Waals surface area contributed by atoms with Crippen molar-refractivity contribution < 1.29 is 9.53 Å². The van der Waals surface area contributed by atoms with Crippen molar-refractivity contribution in [1.82, 2.24) is 0 Å². The van der Waals surface area contributed by atoms with Crippen LogP contribution < -0.4 is 10.1 Å². The van der Waals surface area contributed by atoms with Gasteiger partial charge in [0.05, 0.1) is 6.61 Å². The van der Waals surface area contributed by atoms with Gasteiger partial charge in [0.25, 0.3) is 0 Å². The summed E-state index contributed by atoms with van der Waals surface area (Å²) in [6, 6.07) is 10.8. The molecule has 0 aromatic heterocycles. The fourth-order valence-electron chi connectivity index (χ4n) is 3.43. The van der Waals surface area contributed by atoms with Crippen LogP contribution in [0.25, 0.3) is 0 Å². The van der Waals surface area contributed by atoms with Crippen molar-refractivity contribution in [2.45, 2.75) is 39.5 Å². The van der Waals surface area contributed by atoms with Crippen LogP contribution in [0.5, 0.6) is 5.75 Å². The summed E-state index contributed by atoms with van der Waals surface area (Å²) in [6.07, 6.45) is 0.740. The van der Waals surface area contributed by atoms with Gasteiger partial charge in [-0.15, -0.1) is 0 Å². The molecule has 1 unspecified atom stereocenters. The Morgan fingerprint density at radius 1 is 1.22 bits per heavy atom. The van der Waals surface area contributed by atoms with Crippen molar-refractivity contribution in [1.29, 1.82) is 0 Å². The molecule has 120 valence electrons. The number of nitrogens with one attached hydrogen (secondary N) is 1. The molecule has 2 aromatic carbocycles. The van der Waals surface area contributed by atoms with Crippen molar-refractivity contribution in [3.63, 3.8) is 0 Å². The first-order valence-corrected chi connectivity index (χ1v) is 8.09. The van der Waals surface area contributed by atoms with Crippen LogP contribution in [0.1, 0.15) is 53.5 Å². The molecule has 1 aliphatic rings. The Hall–Kier alpha value is -2.29. The summed E-state index contributed by atoms with van der Waals surface area (Å²) in [5.41, 5.74) is 6.82. The maximum atomic E-state index is 10.9. The molecule has 1 aliphatic heterocycles. The molecule has 3 rings (SSSR count). The predicted octanol–water partition coefficient (Wildman–Crippen LogP) is 4.52. The largest absolute Gasteiger partial charge is 0.492 e. The van der Waals surface area contributed by atoms with Gasteiger partial charge in [0.2, 0.25) is 6.41 Å². The summed E-state index contributed by atoms with van der Waals surface area (Å²) in [4.78, 5) is 10.9. The first-order chi connectivity index (χ1) is 11.0. The maximum absolute atomic E-state index is 10.9. The minimum Gasteiger partial charge on any atom is -0.492 e. The lowest BCUT2D eigenvalue weighted by Gasteiger charge is -2.17. The molecule has 1 N–H and O–H groups in total. The second-order valence-electron chi connectivity index (χ2n) is 6.55. The third kappa shape index (κ3) is 2.72. The molecule has 0 aliphatic carbocycles. The number of ether oxygens (including phenoxy) is 1. The summed E-state index contributed by atoms with van der Waals surface area (Å²) in [5, 5.41) is 2.83. The van der Waals surface area contributed by atoms with Gasteiger partial charge in [-0.05, 0) is 48.1 Å². The normalized spacial score (nSPS) is 16.1. The Kier molecular flexibility index (Phi) is 4.12. The number of carbonyl (C=O) groups excluding carboxylic acids is 1. The van der Waals surface area contributed by atoms with E-state index in [1.165, 1.54) is 16.7 Å². The fraction of sp³-hybridized carbons (Fsp3) is 0.350. The molecule has 0 saturated heterocycles. The topological polar surface area (TPSA) is 38.3 Å². The molecular formula is C20H23NO2. The van der Waals surface area contributed by atoms with Gasteiger partial charge in [0.1, 0.15) is 5.75 Å². The van der Waals surface area contributed by atoms with Gasteiger partial charge in [0.15, 0.2) is 0 Å². The van der Waals surface area contributed by atoms with Gasteiger partial charge >= 0.3 is 0 Å². The molecule has 1 atom stereocenters. The number of hydrogen-bond acceptors (Lipinski definition) is 2. The van der Waals surface area contributed by atoms with Crippen molar-refractivity contribution >= 4 is 12.1 Å². The lowest BCUT2D eigenvalue weighted by Crippen LogP contribution is -2.06. The molecule has 3 heteroatoms. The van der Waals surface area contributed by atoms with Crippen LogP contribution in [0.3, 0.4) is 0 Å². The number of hydrogen-bond donors (Lipinski definition) is 1. The molecule has 0 saturated carbocycles. The standard InChI is InChI=1S/C20H23NO2/c1-12(2)15-5-7-16(8-6-15)17-10-23-18-9-13(3)20(21-11-22)14(4)19(17)18/h5-9,11-12,17H,10H2,1-4H3,(H,21,22). The minimum absolute atomic E-state index is 0.221. The van der Waals surface area contributed by atoms with E-state index >= 15 is 0 Å². The maximum Gasteiger partial charge on any atom is 0.211 e.